The van der Waals surface area contributed by atoms with Crippen LogP contribution in [0.15, 0.2) is 5.38 Å². The molecule has 1 amide bonds. The molecule has 0 saturated carbocycles. The van der Waals surface area contributed by atoms with Crippen molar-refractivity contribution in [2.45, 2.75) is 45.6 Å². The van der Waals surface area contributed by atoms with E-state index < -0.39 is 11.7 Å². The lowest BCUT2D eigenvalue weighted by molar-refractivity contribution is 0.0635. The zero-order valence-corrected chi connectivity index (χ0v) is 11.6. The van der Waals surface area contributed by atoms with E-state index in [-0.39, 0.29) is 5.78 Å². The second-order valence-electron chi connectivity index (χ2n) is 5.36. The van der Waals surface area contributed by atoms with Crippen molar-refractivity contribution in [2.24, 2.45) is 0 Å². The quantitative estimate of drug-likeness (QED) is 0.845. The lowest BCUT2D eigenvalue weighted by atomic mass is 9.97. The smallest absolute Gasteiger partial charge is 0.412 e. The normalized spacial score (nSPS) is 15.2. The fraction of sp³-hybridized carbons (Fsp3) is 0.538. The molecule has 5 heteroatoms. The molecular formula is C13H17NO3S. The molecule has 1 heterocycles. The lowest BCUT2D eigenvalue weighted by Crippen LogP contribution is -2.27. The molecule has 2 rings (SSSR count). The van der Waals surface area contributed by atoms with E-state index >= 15 is 0 Å². The highest BCUT2D eigenvalue weighted by Crippen LogP contribution is 2.33. The molecule has 0 bridgehead atoms. The summed E-state index contributed by atoms with van der Waals surface area (Å²) in [6.07, 6.45) is 1.84. The maximum atomic E-state index is 11.7. The number of thiophene rings is 1. The fourth-order valence-corrected chi connectivity index (χ4v) is 2.95. The molecule has 0 fully saturated rings. The number of ketones is 1. The summed E-state index contributed by atoms with van der Waals surface area (Å²) in [7, 11) is 0. The third-order valence-electron chi connectivity index (χ3n) is 2.61. The van der Waals surface area contributed by atoms with Crippen LogP contribution >= 0.6 is 11.3 Å². The van der Waals surface area contributed by atoms with Crippen LogP contribution in [0.1, 0.15) is 48.8 Å². The van der Waals surface area contributed by atoms with Crippen LogP contribution in [0.2, 0.25) is 0 Å². The second kappa shape index (κ2) is 4.72. The zero-order chi connectivity index (χ0) is 13.3. The summed E-state index contributed by atoms with van der Waals surface area (Å²) in [6, 6.07) is 0. The third kappa shape index (κ3) is 2.90. The van der Waals surface area contributed by atoms with Crippen LogP contribution in [0.4, 0.5) is 10.5 Å². The van der Waals surface area contributed by atoms with E-state index in [1.165, 1.54) is 11.3 Å². The first-order valence-corrected chi connectivity index (χ1v) is 6.88. The molecule has 0 saturated heterocycles. The van der Waals surface area contributed by atoms with Crippen LogP contribution in [-0.2, 0) is 11.2 Å². The first-order chi connectivity index (χ1) is 8.37. The van der Waals surface area contributed by atoms with Crippen molar-refractivity contribution in [1.82, 2.24) is 0 Å². The molecule has 1 N–H and O–H groups in total. The molecule has 1 aliphatic carbocycles. The van der Waals surface area contributed by atoms with Crippen molar-refractivity contribution in [3.8, 4) is 0 Å². The molecule has 98 valence electrons. The van der Waals surface area contributed by atoms with Crippen LogP contribution in [0.3, 0.4) is 0 Å². The van der Waals surface area contributed by atoms with Gasteiger partial charge in [0.15, 0.2) is 5.78 Å². The van der Waals surface area contributed by atoms with E-state index in [9.17, 15) is 9.59 Å². The van der Waals surface area contributed by atoms with Crippen molar-refractivity contribution in [3.63, 3.8) is 0 Å². The largest absolute Gasteiger partial charge is 0.444 e. The number of amides is 1. The van der Waals surface area contributed by atoms with E-state index in [0.29, 0.717) is 6.42 Å². The Morgan fingerprint density at radius 2 is 2.11 bits per heavy atom. The Bertz CT molecular complexity index is 485. The van der Waals surface area contributed by atoms with E-state index in [1.54, 1.807) is 0 Å². The number of rotatable bonds is 1. The SMILES string of the molecule is CC(C)(C)OC(=O)Nc1csc2c1CCCC2=O. The number of Topliss-reactive ketones (excluding diaryl/α,β-unsaturated/α-hetero) is 1. The molecule has 0 aromatic carbocycles. The Kier molecular flexibility index (Phi) is 3.43. The van der Waals surface area contributed by atoms with Gasteiger partial charge in [-0.1, -0.05) is 0 Å². The van der Waals surface area contributed by atoms with Gasteiger partial charge in [0.1, 0.15) is 5.60 Å². The van der Waals surface area contributed by atoms with E-state index in [1.807, 2.05) is 26.2 Å². The molecule has 18 heavy (non-hydrogen) atoms. The molecular weight excluding hydrogens is 250 g/mol. The van der Waals surface area contributed by atoms with Crippen molar-refractivity contribution in [2.75, 3.05) is 5.32 Å². The number of hydrogen-bond acceptors (Lipinski definition) is 4. The van der Waals surface area contributed by atoms with Crippen LogP contribution in [-0.4, -0.2) is 17.5 Å². The van der Waals surface area contributed by atoms with Crippen molar-refractivity contribution < 1.29 is 14.3 Å². The molecule has 0 spiro atoms. The van der Waals surface area contributed by atoms with Gasteiger partial charge >= 0.3 is 6.09 Å². The van der Waals surface area contributed by atoms with Crippen molar-refractivity contribution in [1.29, 1.82) is 0 Å². The average Bonchev–Trinajstić information content (AvgIpc) is 2.60. The number of anilines is 1. The van der Waals surface area contributed by atoms with Gasteiger partial charge in [-0.25, -0.2) is 4.79 Å². The number of fused-ring (bicyclic) bond motifs is 1. The predicted molar refractivity (Wildman–Crippen MR) is 71.4 cm³/mol. The Morgan fingerprint density at radius 3 is 2.78 bits per heavy atom. The third-order valence-corrected chi connectivity index (χ3v) is 3.68. The minimum absolute atomic E-state index is 0.179. The molecule has 1 aromatic heterocycles. The highest BCUT2D eigenvalue weighted by molar-refractivity contribution is 7.12. The summed E-state index contributed by atoms with van der Waals surface area (Å²) in [5.74, 6) is 0.179. The summed E-state index contributed by atoms with van der Waals surface area (Å²) in [4.78, 5) is 24.1. The monoisotopic (exact) mass is 267 g/mol. The van der Waals surface area contributed by atoms with Gasteiger partial charge in [0, 0.05) is 11.8 Å². The number of hydrogen-bond donors (Lipinski definition) is 1. The van der Waals surface area contributed by atoms with Gasteiger partial charge < -0.3 is 4.74 Å². The molecule has 0 unspecified atom stereocenters. The lowest BCUT2D eigenvalue weighted by Gasteiger charge is -2.20. The topological polar surface area (TPSA) is 55.4 Å². The van der Waals surface area contributed by atoms with Crippen molar-refractivity contribution in [3.05, 3.63) is 15.8 Å². The number of carbonyl (C=O) groups excluding carboxylic acids is 2. The zero-order valence-electron chi connectivity index (χ0n) is 10.8. The highest BCUT2D eigenvalue weighted by Gasteiger charge is 2.24. The number of nitrogens with one attached hydrogen (secondary N) is 1. The Balaban J connectivity index is 2.11. The van der Waals surface area contributed by atoms with Crippen LogP contribution < -0.4 is 5.32 Å². The van der Waals surface area contributed by atoms with E-state index in [4.69, 9.17) is 4.74 Å². The summed E-state index contributed by atoms with van der Waals surface area (Å²) in [6.45, 7) is 5.46. The molecule has 1 aromatic rings. The van der Waals surface area contributed by atoms with Crippen LogP contribution in [0, 0.1) is 0 Å². The minimum atomic E-state index is -0.518. The fourth-order valence-electron chi connectivity index (χ4n) is 1.92. The first-order valence-electron chi connectivity index (χ1n) is 6.00. The maximum absolute atomic E-state index is 11.7. The molecule has 0 aliphatic heterocycles. The van der Waals surface area contributed by atoms with Crippen LogP contribution in [0.25, 0.3) is 0 Å². The number of carbonyl (C=O) groups is 2. The van der Waals surface area contributed by atoms with Gasteiger partial charge in [0.2, 0.25) is 0 Å². The number of ether oxygens (including phenoxy) is 1. The van der Waals surface area contributed by atoms with Gasteiger partial charge in [0.25, 0.3) is 0 Å². The second-order valence-corrected chi connectivity index (χ2v) is 6.24. The van der Waals surface area contributed by atoms with Gasteiger partial charge in [-0.15, -0.1) is 11.3 Å². The Labute approximate surface area is 110 Å². The Hall–Kier alpha value is -1.36. The van der Waals surface area contributed by atoms with Gasteiger partial charge in [-0.2, -0.15) is 0 Å². The summed E-state index contributed by atoms with van der Waals surface area (Å²) < 4.78 is 5.20. The van der Waals surface area contributed by atoms with Gasteiger partial charge in [-0.3, -0.25) is 10.1 Å². The summed E-state index contributed by atoms with van der Waals surface area (Å²) in [5.41, 5.74) is 1.16. The van der Waals surface area contributed by atoms with Crippen LogP contribution in [0.5, 0.6) is 0 Å². The standard InChI is InChI=1S/C13H17NO3S/c1-13(2,3)17-12(16)14-9-7-18-11-8(9)5-4-6-10(11)15/h7H,4-6H2,1-3H3,(H,14,16). The summed E-state index contributed by atoms with van der Waals surface area (Å²) in [5, 5.41) is 4.54. The van der Waals surface area contributed by atoms with Gasteiger partial charge in [-0.05, 0) is 39.2 Å². The molecule has 4 nitrogen and oxygen atoms in total. The van der Waals surface area contributed by atoms with Gasteiger partial charge in [0.05, 0.1) is 10.6 Å². The average molecular weight is 267 g/mol. The van der Waals surface area contributed by atoms with Crippen molar-refractivity contribution >= 4 is 28.9 Å². The highest BCUT2D eigenvalue weighted by atomic mass is 32.1. The Morgan fingerprint density at radius 1 is 1.39 bits per heavy atom. The predicted octanol–water partition coefficient (Wildman–Crippen LogP) is 3.61. The molecule has 1 aliphatic rings. The minimum Gasteiger partial charge on any atom is -0.444 e. The molecule has 0 atom stereocenters. The van der Waals surface area contributed by atoms with E-state index in [0.717, 1.165) is 29.0 Å². The maximum Gasteiger partial charge on any atom is 0.412 e. The first kappa shape index (κ1) is 13.1. The molecule has 0 radical (unpaired) electrons. The summed E-state index contributed by atoms with van der Waals surface area (Å²) >= 11 is 1.40. The van der Waals surface area contributed by atoms with E-state index in [2.05, 4.69) is 5.32 Å².